The number of rotatable bonds is 3. The first kappa shape index (κ1) is 11.0. The fourth-order valence-electron chi connectivity index (χ4n) is 1.65. The molecule has 1 aromatic carbocycles. The Morgan fingerprint density at radius 3 is 2.25 bits per heavy atom. The number of carbonyl (C=O) groups excluding carboxylic acids is 2. The monoisotopic (exact) mass is 233 g/mol. The molecule has 0 bridgehead atoms. The molecule has 0 aliphatic carbocycles. The molecule has 2 amide bonds. The average Bonchev–Trinajstić information content (AvgIpc) is 2.55. The standard InChI is InChI=1S/C12H11NO2S/c1-16-8-4-7-13-11(14)9-5-2-3-6-10(9)12(13)15/h2-6,8H,7H2,1H3/b8-4+. The Hall–Kier alpha value is -1.55. The summed E-state index contributed by atoms with van der Waals surface area (Å²) in [5.74, 6) is -0.405. The second kappa shape index (κ2) is 4.53. The normalized spacial score (nSPS) is 14.9. The molecule has 1 heterocycles. The first-order valence-corrected chi connectivity index (χ1v) is 6.17. The number of thioether (sulfide) groups is 1. The molecule has 16 heavy (non-hydrogen) atoms. The van der Waals surface area contributed by atoms with Crippen molar-refractivity contribution in [3.8, 4) is 0 Å². The Balaban J connectivity index is 2.25. The number of hydrogen-bond donors (Lipinski definition) is 0. The minimum Gasteiger partial charge on any atom is -0.270 e. The fourth-order valence-corrected chi connectivity index (χ4v) is 1.93. The van der Waals surface area contributed by atoms with Crippen LogP contribution in [0.2, 0.25) is 0 Å². The van der Waals surface area contributed by atoms with E-state index in [0.29, 0.717) is 17.7 Å². The predicted molar refractivity (Wildman–Crippen MR) is 64.5 cm³/mol. The number of imide groups is 1. The summed E-state index contributed by atoms with van der Waals surface area (Å²) in [6.07, 6.45) is 3.74. The topological polar surface area (TPSA) is 37.4 Å². The third-order valence-electron chi connectivity index (χ3n) is 2.40. The molecule has 4 heteroatoms. The summed E-state index contributed by atoms with van der Waals surface area (Å²) in [7, 11) is 0. The van der Waals surface area contributed by atoms with Crippen LogP contribution in [0.5, 0.6) is 0 Å². The molecule has 0 spiro atoms. The van der Waals surface area contributed by atoms with E-state index in [4.69, 9.17) is 0 Å². The van der Waals surface area contributed by atoms with E-state index < -0.39 is 0 Å². The van der Waals surface area contributed by atoms with Crippen LogP contribution in [0.4, 0.5) is 0 Å². The van der Waals surface area contributed by atoms with Crippen LogP contribution in [-0.4, -0.2) is 29.5 Å². The number of amides is 2. The van der Waals surface area contributed by atoms with E-state index in [1.165, 1.54) is 4.90 Å². The van der Waals surface area contributed by atoms with E-state index >= 15 is 0 Å². The molecule has 1 aliphatic heterocycles. The Labute approximate surface area is 98.1 Å². The Kier molecular flexibility index (Phi) is 3.10. The van der Waals surface area contributed by atoms with Crippen LogP contribution in [-0.2, 0) is 0 Å². The van der Waals surface area contributed by atoms with Crippen LogP contribution < -0.4 is 0 Å². The Bertz CT molecular complexity index is 433. The molecular weight excluding hydrogens is 222 g/mol. The van der Waals surface area contributed by atoms with Crippen molar-refractivity contribution < 1.29 is 9.59 Å². The van der Waals surface area contributed by atoms with Crippen LogP contribution in [0.15, 0.2) is 35.7 Å². The fraction of sp³-hybridized carbons (Fsp3) is 0.167. The summed E-state index contributed by atoms with van der Waals surface area (Å²) in [6, 6.07) is 6.91. The number of benzene rings is 1. The van der Waals surface area contributed by atoms with Gasteiger partial charge in [0, 0.05) is 6.54 Å². The lowest BCUT2D eigenvalue weighted by Crippen LogP contribution is -2.29. The van der Waals surface area contributed by atoms with E-state index in [9.17, 15) is 9.59 Å². The minimum absolute atomic E-state index is 0.202. The summed E-state index contributed by atoms with van der Waals surface area (Å²) < 4.78 is 0. The zero-order valence-corrected chi connectivity index (χ0v) is 9.66. The predicted octanol–water partition coefficient (Wildman–Crippen LogP) is 2.16. The minimum atomic E-state index is -0.202. The molecule has 0 unspecified atom stereocenters. The van der Waals surface area contributed by atoms with Crippen molar-refractivity contribution in [1.82, 2.24) is 4.90 Å². The quantitative estimate of drug-likeness (QED) is 0.751. The van der Waals surface area contributed by atoms with Gasteiger partial charge in [-0.15, -0.1) is 11.8 Å². The van der Waals surface area contributed by atoms with Gasteiger partial charge in [0.1, 0.15) is 0 Å². The van der Waals surface area contributed by atoms with Crippen molar-refractivity contribution >= 4 is 23.6 Å². The van der Waals surface area contributed by atoms with Gasteiger partial charge in [-0.25, -0.2) is 0 Å². The maximum Gasteiger partial charge on any atom is 0.261 e. The molecule has 0 atom stereocenters. The van der Waals surface area contributed by atoms with Gasteiger partial charge in [0.25, 0.3) is 11.8 Å². The van der Waals surface area contributed by atoms with Crippen LogP contribution in [0, 0.1) is 0 Å². The zero-order valence-electron chi connectivity index (χ0n) is 8.84. The van der Waals surface area contributed by atoms with Crippen molar-refractivity contribution in [1.29, 1.82) is 0 Å². The lowest BCUT2D eigenvalue weighted by molar-refractivity contribution is 0.0672. The smallest absolute Gasteiger partial charge is 0.261 e. The Morgan fingerprint density at radius 1 is 1.19 bits per heavy atom. The van der Waals surface area contributed by atoms with Crippen molar-refractivity contribution in [2.45, 2.75) is 0 Å². The summed E-state index contributed by atoms with van der Waals surface area (Å²) >= 11 is 1.54. The van der Waals surface area contributed by atoms with Crippen LogP contribution in [0.25, 0.3) is 0 Å². The van der Waals surface area contributed by atoms with E-state index in [-0.39, 0.29) is 11.8 Å². The lowest BCUT2D eigenvalue weighted by Gasteiger charge is -2.09. The number of nitrogens with zero attached hydrogens (tertiary/aromatic N) is 1. The molecule has 0 fully saturated rings. The SMILES string of the molecule is CS/C=C/CN1C(=O)c2ccccc2C1=O. The van der Waals surface area contributed by atoms with Crippen LogP contribution >= 0.6 is 11.8 Å². The van der Waals surface area contributed by atoms with Crippen LogP contribution in [0.3, 0.4) is 0 Å². The van der Waals surface area contributed by atoms with Gasteiger partial charge in [0.05, 0.1) is 11.1 Å². The highest BCUT2D eigenvalue weighted by atomic mass is 32.2. The largest absolute Gasteiger partial charge is 0.270 e. The third-order valence-corrected chi connectivity index (χ3v) is 2.86. The molecule has 3 nitrogen and oxygen atoms in total. The van der Waals surface area contributed by atoms with Gasteiger partial charge in [-0.1, -0.05) is 18.2 Å². The summed E-state index contributed by atoms with van der Waals surface area (Å²) in [6.45, 7) is 0.340. The van der Waals surface area contributed by atoms with Crippen molar-refractivity contribution in [2.24, 2.45) is 0 Å². The first-order chi connectivity index (χ1) is 7.75. The van der Waals surface area contributed by atoms with Gasteiger partial charge in [-0.3, -0.25) is 14.5 Å². The molecule has 0 radical (unpaired) electrons. The van der Waals surface area contributed by atoms with Crippen molar-refractivity contribution in [3.05, 3.63) is 46.9 Å². The summed E-state index contributed by atoms with van der Waals surface area (Å²) in [5.41, 5.74) is 1.01. The van der Waals surface area contributed by atoms with E-state index in [1.54, 1.807) is 36.0 Å². The van der Waals surface area contributed by atoms with Gasteiger partial charge in [0.15, 0.2) is 0 Å². The third kappa shape index (κ3) is 1.76. The van der Waals surface area contributed by atoms with E-state index in [1.807, 2.05) is 17.7 Å². The highest BCUT2D eigenvalue weighted by Gasteiger charge is 2.33. The molecule has 1 aromatic rings. The van der Waals surface area contributed by atoms with Gasteiger partial charge in [-0.2, -0.15) is 0 Å². The first-order valence-electron chi connectivity index (χ1n) is 4.88. The molecule has 0 saturated heterocycles. The number of carbonyl (C=O) groups is 2. The maximum absolute atomic E-state index is 11.9. The van der Waals surface area contributed by atoms with Gasteiger partial charge < -0.3 is 0 Å². The highest BCUT2D eigenvalue weighted by molar-refractivity contribution is 8.01. The van der Waals surface area contributed by atoms with Gasteiger partial charge >= 0.3 is 0 Å². The van der Waals surface area contributed by atoms with Gasteiger partial charge in [0.2, 0.25) is 0 Å². The summed E-state index contributed by atoms with van der Waals surface area (Å²) in [4.78, 5) is 25.0. The second-order valence-corrected chi connectivity index (χ2v) is 4.12. The summed E-state index contributed by atoms with van der Waals surface area (Å²) in [5, 5.41) is 1.86. The molecular formula is C12H11NO2S. The second-order valence-electron chi connectivity index (χ2n) is 3.37. The molecule has 1 aliphatic rings. The lowest BCUT2D eigenvalue weighted by atomic mass is 10.1. The highest BCUT2D eigenvalue weighted by Crippen LogP contribution is 2.22. The van der Waals surface area contributed by atoms with E-state index in [2.05, 4.69) is 0 Å². The maximum atomic E-state index is 11.9. The average molecular weight is 233 g/mol. The molecule has 0 saturated carbocycles. The van der Waals surface area contributed by atoms with Crippen molar-refractivity contribution in [3.63, 3.8) is 0 Å². The molecule has 0 aromatic heterocycles. The zero-order chi connectivity index (χ0) is 11.5. The Morgan fingerprint density at radius 2 is 1.75 bits per heavy atom. The number of hydrogen-bond acceptors (Lipinski definition) is 3. The van der Waals surface area contributed by atoms with Gasteiger partial charge in [-0.05, 0) is 23.8 Å². The van der Waals surface area contributed by atoms with Crippen molar-refractivity contribution in [2.75, 3.05) is 12.8 Å². The van der Waals surface area contributed by atoms with E-state index in [0.717, 1.165) is 0 Å². The molecule has 82 valence electrons. The van der Waals surface area contributed by atoms with Crippen LogP contribution in [0.1, 0.15) is 20.7 Å². The number of fused-ring (bicyclic) bond motifs is 1. The molecule has 2 rings (SSSR count). The molecule has 0 N–H and O–H groups in total.